The van der Waals surface area contributed by atoms with Crippen LogP contribution < -0.4 is 0 Å². The molecule has 0 aromatic carbocycles. The Balaban J connectivity index is 2.16. The summed E-state index contributed by atoms with van der Waals surface area (Å²) in [5.74, 6) is -4.04. The summed E-state index contributed by atoms with van der Waals surface area (Å²) in [4.78, 5) is 29.7. The van der Waals surface area contributed by atoms with Crippen LogP contribution in [0.3, 0.4) is 0 Å². The minimum Gasteiger partial charge on any atom is -0.459 e. The van der Waals surface area contributed by atoms with E-state index in [1.165, 1.54) is 21.0 Å². The Hall–Kier alpha value is -1.26. The number of esters is 1. The summed E-state index contributed by atoms with van der Waals surface area (Å²) in [6, 6.07) is -0.242. The van der Waals surface area contributed by atoms with Crippen LogP contribution in [0, 0.1) is 29.1 Å². The summed E-state index contributed by atoms with van der Waals surface area (Å²) in [5.41, 5.74) is -3.73. The van der Waals surface area contributed by atoms with Crippen molar-refractivity contribution in [2.75, 3.05) is 21.2 Å². The first-order chi connectivity index (χ1) is 22.9. The van der Waals surface area contributed by atoms with Crippen molar-refractivity contribution in [1.29, 1.82) is 0 Å². The smallest absolute Gasteiger partial charge is 0.311 e. The van der Waals surface area contributed by atoms with Crippen LogP contribution in [0.15, 0.2) is 0 Å². The zero-order valence-corrected chi connectivity index (χ0v) is 32.8. The lowest BCUT2D eigenvalue weighted by atomic mass is 9.69. The fourth-order valence-electron chi connectivity index (χ4n) is 8.35. The molecule has 3 aliphatic heterocycles. The van der Waals surface area contributed by atoms with E-state index >= 15 is 0 Å². The molecule has 3 heterocycles. The molecule has 8 unspecified atom stereocenters. The number of nitrogens with zero attached hydrogens (tertiary/aromatic N) is 1. The Morgan fingerprint density at radius 1 is 0.840 bits per heavy atom. The van der Waals surface area contributed by atoms with Crippen molar-refractivity contribution in [3.8, 4) is 0 Å². The standard InChI is InChI=1S/C37H67NO12/c1-18-16-35(8,9)32(50-34-28(40)25(38(12)13)15-19(2)46-34)21(4)29(49-26-17-36(10,45-14)31(42)23(6)47-26)22(5)33(43)48-24(7)37(11,44)30(41)20(3)27(18)39/h18-26,28-32,34,40-42,44H,15-17H2,1-14H3/t18-,19?,20+,21+,22-,23?,24-,25?,26?,28?,29+,30-,31?,32-,34?,36?,37-/m1/s1. The monoisotopic (exact) mass is 717 g/mol. The maximum absolute atomic E-state index is 14.0. The second-order valence-electron chi connectivity index (χ2n) is 16.8. The van der Waals surface area contributed by atoms with Gasteiger partial charge in [-0.1, -0.05) is 34.6 Å². The Morgan fingerprint density at radius 2 is 1.44 bits per heavy atom. The van der Waals surface area contributed by atoms with Crippen LogP contribution >= 0.6 is 0 Å². The van der Waals surface area contributed by atoms with Crippen LogP contribution in [0.4, 0.5) is 0 Å². The summed E-state index contributed by atoms with van der Waals surface area (Å²) >= 11 is 0. The van der Waals surface area contributed by atoms with Crippen molar-refractivity contribution < 1.29 is 58.4 Å². The minimum atomic E-state index is -1.94. The number of ether oxygens (including phenoxy) is 6. The predicted molar refractivity (Wildman–Crippen MR) is 185 cm³/mol. The maximum Gasteiger partial charge on any atom is 0.311 e. The van der Waals surface area contributed by atoms with Crippen LogP contribution in [0.5, 0.6) is 0 Å². The number of methoxy groups -OCH3 is 1. The molecule has 13 heteroatoms. The average molecular weight is 718 g/mol. The highest BCUT2D eigenvalue weighted by atomic mass is 16.7. The van der Waals surface area contributed by atoms with Crippen molar-refractivity contribution >= 4 is 11.8 Å². The summed E-state index contributed by atoms with van der Waals surface area (Å²) in [6.45, 7) is 19.1. The number of aliphatic hydroxyl groups excluding tert-OH is 3. The molecule has 0 aromatic rings. The molecule has 0 aromatic heterocycles. The molecule has 4 N–H and O–H groups in total. The van der Waals surface area contributed by atoms with Gasteiger partial charge in [0, 0.05) is 37.3 Å². The molecule has 292 valence electrons. The van der Waals surface area contributed by atoms with Crippen molar-refractivity contribution in [2.24, 2.45) is 29.1 Å². The van der Waals surface area contributed by atoms with E-state index in [1.54, 1.807) is 34.6 Å². The molecule has 0 saturated carbocycles. The number of ketones is 1. The number of likely N-dealkylation sites (N-methyl/N-ethyl adjacent to an activating group) is 1. The third kappa shape index (κ3) is 9.09. The molecule has 0 spiro atoms. The van der Waals surface area contributed by atoms with Crippen molar-refractivity contribution in [3.05, 3.63) is 0 Å². The molecule has 3 aliphatic rings. The second kappa shape index (κ2) is 16.4. The van der Waals surface area contributed by atoms with E-state index in [0.29, 0.717) is 12.8 Å². The Morgan fingerprint density at radius 3 is 2.00 bits per heavy atom. The van der Waals surface area contributed by atoms with E-state index in [4.69, 9.17) is 28.4 Å². The zero-order chi connectivity index (χ0) is 38.3. The van der Waals surface area contributed by atoms with E-state index in [1.807, 2.05) is 46.7 Å². The molecule has 3 rings (SSSR count). The van der Waals surface area contributed by atoms with Gasteiger partial charge in [-0.2, -0.15) is 0 Å². The topological polar surface area (TPSA) is 174 Å². The summed E-state index contributed by atoms with van der Waals surface area (Å²) in [5, 5.41) is 45.1. The number of carbonyl (C=O) groups is 2. The van der Waals surface area contributed by atoms with Gasteiger partial charge in [0.25, 0.3) is 0 Å². The van der Waals surface area contributed by atoms with Crippen molar-refractivity contribution in [1.82, 2.24) is 4.90 Å². The van der Waals surface area contributed by atoms with Crippen LogP contribution in [0.1, 0.15) is 95.4 Å². The lowest BCUT2D eigenvalue weighted by Gasteiger charge is -2.49. The molecule has 17 atom stereocenters. The molecule has 0 aliphatic carbocycles. The van der Waals surface area contributed by atoms with E-state index in [0.717, 1.165) is 0 Å². The first kappa shape index (κ1) is 43.1. The van der Waals surface area contributed by atoms with Gasteiger partial charge in [0.15, 0.2) is 12.6 Å². The SMILES string of the molecule is COC1(C)CC(O[C@H]2[C@H](C)[C@@H](OC3OC(C)CC(N(C)C)C3O)C(C)(C)C[C@@H](C)C(=O)[C@H](C)[C@@H](O)[C@](C)(O)[C@@H](C)OC(=O)[C@@H]2C)OC(C)C1O. The highest BCUT2D eigenvalue weighted by Gasteiger charge is 2.52. The number of hydrogen-bond acceptors (Lipinski definition) is 13. The highest BCUT2D eigenvalue weighted by molar-refractivity contribution is 5.83. The predicted octanol–water partition coefficient (Wildman–Crippen LogP) is 2.67. The average Bonchev–Trinajstić information content (AvgIpc) is 3.03. The van der Waals surface area contributed by atoms with Crippen LogP contribution in [-0.4, -0.2) is 137 Å². The number of hydrogen-bond donors (Lipinski definition) is 4. The summed E-state index contributed by atoms with van der Waals surface area (Å²) in [7, 11) is 5.30. The first-order valence-corrected chi connectivity index (χ1v) is 18.2. The summed E-state index contributed by atoms with van der Waals surface area (Å²) < 4.78 is 37.4. The van der Waals surface area contributed by atoms with Gasteiger partial charge in [-0.05, 0) is 73.9 Å². The van der Waals surface area contributed by atoms with Crippen LogP contribution in [-0.2, 0) is 38.0 Å². The van der Waals surface area contributed by atoms with E-state index in [9.17, 15) is 30.0 Å². The summed E-state index contributed by atoms with van der Waals surface area (Å²) in [6.07, 6.45) is -8.07. The third-order valence-corrected chi connectivity index (χ3v) is 11.9. The zero-order valence-electron chi connectivity index (χ0n) is 32.8. The lowest BCUT2D eigenvalue weighted by molar-refractivity contribution is -0.313. The number of cyclic esters (lactones) is 1. The van der Waals surface area contributed by atoms with Gasteiger partial charge >= 0.3 is 5.97 Å². The van der Waals surface area contributed by atoms with Gasteiger partial charge in [-0.3, -0.25) is 9.59 Å². The van der Waals surface area contributed by atoms with Gasteiger partial charge in [0.2, 0.25) is 0 Å². The first-order valence-electron chi connectivity index (χ1n) is 18.2. The van der Waals surface area contributed by atoms with Gasteiger partial charge in [0.1, 0.15) is 29.7 Å². The highest BCUT2D eigenvalue weighted by Crippen LogP contribution is 2.43. The quantitative estimate of drug-likeness (QED) is 0.296. The molecule has 0 amide bonds. The van der Waals surface area contributed by atoms with Gasteiger partial charge in [-0.15, -0.1) is 0 Å². The normalized spacial score (nSPS) is 48.6. The second-order valence-corrected chi connectivity index (χ2v) is 16.8. The van der Waals surface area contributed by atoms with E-state index in [-0.39, 0.29) is 24.3 Å². The maximum atomic E-state index is 14.0. The molecule has 3 fully saturated rings. The van der Waals surface area contributed by atoms with Gasteiger partial charge in [-0.25, -0.2) is 0 Å². The fraction of sp³-hybridized carbons (Fsp3) is 0.946. The Labute approximate surface area is 299 Å². The molecule has 50 heavy (non-hydrogen) atoms. The Kier molecular flexibility index (Phi) is 14.2. The molecular weight excluding hydrogens is 650 g/mol. The van der Waals surface area contributed by atoms with Crippen molar-refractivity contribution in [3.63, 3.8) is 0 Å². The molecule has 0 radical (unpaired) electrons. The molecule has 3 saturated heterocycles. The van der Waals surface area contributed by atoms with E-state index in [2.05, 4.69) is 0 Å². The van der Waals surface area contributed by atoms with E-state index < -0.39 is 102 Å². The van der Waals surface area contributed by atoms with Gasteiger partial charge < -0.3 is 53.7 Å². The van der Waals surface area contributed by atoms with Crippen molar-refractivity contribution in [2.45, 2.75) is 174 Å². The molecule has 13 nitrogen and oxygen atoms in total. The number of carbonyl (C=O) groups excluding carboxylic acids is 2. The fourth-order valence-corrected chi connectivity index (χ4v) is 8.35. The Bertz CT molecular complexity index is 1150. The number of rotatable bonds is 6. The number of Topliss-reactive ketones (excluding diaryl/α,β-unsaturated/α-hetero) is 1. The molecule has 0 bridgehead atoms. The van der Waals surface area contributed by atoms with Crippen LogP contribution in [0.25, 0.3) is 0 Å². The number of aliphatic hydroxyl groups is 4. The molecular formula is C37H67NO12. The minimum absolute atomic E-state index is 0.155. The lowest BCUT2D eigenvalue weighted by Crippen LogP contribution is -2.59. The third-order valence-electron chi connectivity index (χ3n) is 11.9. The van der Waals surface area contributed by atoms with Gasteiger partial charge in [0.05, 0.1) is 42.0 Å². The van der Waals surface area contributed by atoms with Crippen LogP contribution in [0.2, 0.25) is 0 Å². The largest absolute Gasteiger partial charge is 0.459 e.